The number of para-hydroxylation sites is 1. The lowest BCUT2D eigenvalue weighted by molar-refractivity contribution is -0.122. The number of nitrogens with zero attached hydrogens (tertiary/aromatic N) is 2. The van der Waals surface area contributed by atoms with E-state index in [0.29, 0.717) is 22.4 Å². The van der Waals surface area contributed by atoms with E-state index < -0.39 is 5.91 Å². The average Bonchev–Trinajstić information content (AvgIpc) is 3.09. The fraction of sp³-hybridized carbons (Fsp3) is 0.0800. The first kappa shape index (κ1) is 21.4. The van der Waals surface area contributed by atoms with Crippen molar-refractivity contribution in [2.24, 2.45) is 10.7 Å². The summed E-state index contributed by atoms with van der Waals surface area (Å²) in [7, 11) is 0. The van der Waals surface area contributed by atoms with Crippen molar-refractivity contribution in [1.82, 2.24) is 4.90 Å². The molecule has 1 aliphatic rings. The molecule has 0 atom stereocenters. The number of nitrogens with two attached hydrogens (primary N) is 1. The lowest BCUT2D eigenvalue weighted by atomic mass is 10.2. The Kier molecular flexibility index (Phi) is 6.67. The van der Waals surface area contributed by atoms with Gasteiger partial charge in [-0.15, -0.1) is 0 Å². The summed E-state index contributed by atoms with van der Waals surface area (Å²) >= 11 is 1.35. The molecule has 0 aromatic heterocycles. The van der Waals surface area contributed by atoms with E-state index >= 15 is 0 Å². The third-order valence-corrected chi connectivity index (χ3v) is 5.62. The van der Waals surface area contributed by atoms with E-state index in [-0.39, 0.29) is 12.5 Å². The molecule has 0 unspecified atom stereocenters. The summed E-state index contributed by atoms with van der Waals surface area (Å²) in [6, 6.07) is 26.5. The molecule has 6 nitrogen and oxygen atoms in total. The zero-order chi connectivity index (χ0) is 22.3. The summed E-state index contributed by atoms with van der Waals surface area (Å²) in [5.41, 5.74) is 7.76. The molecule has 0 saturated carbocycles. The third kappa shape index (κ3) is 5.44. The number of carbonyl (C=O) groups excluding carboxylic acids is 2. The molecule has 0 aliphatic carbocycles. The highest BCUT2D eigenvalue weighted by Crippen LogP contribution is 2.35. The second-order valence-corrected chi connectivity index (χ2v) is 8.05. The van der Waals surface area contributed by atoms with Crippen LogP contribution in [-0.4, -0.2) is 28.5 Å². The molecule has 160 valence electrons. The van der Waals surface area contributed by atoms with Crippen molar-refractivity contribution in [2.75, 3.05) is 6.61 Å². The summed E-state index contributed by atoms with van der Waals surface area (Å²) in [5, 5.41) is 0.637. The van der Waals surface area contributed by atoms with E-state index in [2.05, 4.69) is 0 Å². The first-order valence-corrected chi connectivity index (χ1v) is 10.8. The van der Waals surface area contributed by atoms with Crippen molar-refractivity contribution in [2.45, 2.75) is 6.54 Å². The number of hydrogen-bond donors (Lipinski definition) is 1. The summed E-state index contributed by atoms with van der Waals surface area (Å²) in [4.78, 5) is 31.1. The Bertz CT molecular complexity index is 1160. The first-order chi connectivity index (χ1) is 15.6. The highest BCUT2D eigenvalue weighted by Gasteiger charge is 2.33. The number of benzene rings is 3. The van der Waals surface area contributed by atoms with Crippen LogP contribution in [0.5, 0.6) is 5.75 Å². The van der Waals surface area contributed by atoms with Gasteiger partial charge in [-0.25, -0.2) is 4.99 Å². The molecule has 1 heterocycles. The second-order valence-electron chi connectivity index (χ2n) is 7.04. The summed E-state index contributed by atoms with van der Waals surface area (Å²) < 4.78 is 5.29. The largest absolute Gasteiger partial charge is 0.484 e. The number of carbonyl (C=O) groups is 2. The van der Waals surface area contributed by atoms with Crippen molar-refractivity contribution in [3.05, 3.63) is 101 Å². The van der Waals surface area contributed by atoms with Crippen LogP contribution in [0.4, 0.5) is 5.69 Å². The number of rotatable bonds is 7. The van der Waals surface area contributed by atoms with Crippen LogP contribution in [0.2, 0.25) is 0 Å². The van der Waals surface area contributed by atoms with Crippen molar-refractivity contribution in [1.29, 1.82) is 0 Å². The smallest absolute Gasteiger partial charge is 0.267 e. The van der Waals surface area contributed by atoms with Crippen LogP contribution in [0.1, 0.15) is 11.1 Å². The van der Waals surface area contributed by atoms with Gasteiger partial charge in [-0.1, -0.05) is 60.7 Å². The quantitative estimate of drug-likeness (QED) is 0.550. The summed E-state index contributed by atoms with van der Waals surface area (Å²) in [6.45, 7) is 0.262. The van der Waals surface area contributed by atoms with Gasteiger partial charge in [0.25, 0.3) is 11.8 Å². The molecule has 2 amide bonds. The Morgan fingerprint density at radius 1 is 0.969 bits per heavy atom. The van der Waals surface area contributed by atoms with E-state index in [0.717, 1.165) is 16.8 Å². The van der Waals surface area contributed by atoms with Crippen LogP contribution < -0.4 is 10.5 Å². The molecule has 1 fully saturated rings. The molecule has 4 rings (SSSR count). The fourth-order valence-electron chi connectivity index (χ4n) is 3.08. The Morgan fingerprint density at radius 3 is 2.28 bits per heavy atom. The fourth-order valence-corrected chi connectivity index (χ4v) is 4.07. The van der Waals surface area contributed by atoms with E-state index in [1.54, 1.807) is 17.0 Å². The van der Waals surface area contributed by atoms with Crippen LogP contribution in [0.15, 0.2) is 94.8 Å². The van der Waals surface area contributed by atoms with E-state index in [1.165, 1.54) is 11.8 Å². The normalized spacial score (nSPS) is 16.0. The number of aliphatic imine (C=N–C) groups is 1. The predicted octanol–water partition coefficient (Wildman–Crippen LogP) is 4.35. The Hall–Kier alpha value is -3.84. The van der Waals surface area contributed by atoms with E-state index in [4.69, 9.17) is 15.5 Å². The maximum Gasteiger partial charge on any atom is 0.267 e. The van der Waals surface area contributed by atoms with Crippen LogP contribution in [0.3, 0.4) is 0 Å². The number of hydrogen-bond acceptors (Lipinski definition) is 5. The maximum absolute atomic E-state index is 13.2. The molecule has 7 heteroatoms. The number of ether oxygens (including phenoxy) is 1. The second kappa shape index (κ2) is 9.98. The maximum atomic E-state index is 13.2. The van der Waals surface area contributed by atoms with Gasteiger partial charge in [0.1, 0.15) is 5.75 Å². The van der Waals surface area contributed by atoms with Crippen molar-refractivity contribution in [3.63, 3.8) is 0 Å². The highest BCUT2D eigenvalue weighted by atomic mass is 32.2. The van der Waals surface area contributed by atoms with Crippen LogP contribution in [0.25, 0.3) is 6.08 Å². The van der Waals surface area contributed by atoms with E-state index in [1.807, 2.05) is 78.9 Å². The molecule has 2 N–H and O–H groups in total. The SMILES string of the molecule is NC(=O)COc1ccc(/C=C2\SC(=Nc3ccccc3)N(Cc3ccccc3)C2=O)cc1. The topological polar surface area (TPSA) is 85.0 Å². The minimum atomic E-state index is -0.534. The van der Waals surface area contributed by atoms with Crippen LogP contribution >= 0.6 is 11.8 Å². The zero-order valence-electron chi connectivity index (χ0n) is 17.2. The lowest BCUT2D eigenvalue weighted by Gasteiger charge is -2.15. The molecular weight excluding hydrogens is 422 g/mol. The van der Waals surface area contributed by atoms with Gasteiger partial charge in [0.2, 0.25) is 0 Å². The van der Waals surface area contributed by atoms with Crippen molar-refractivity contribution in [3.8, 4) is 5.75 Å². The van der Waals surface area contributed by atoms with Gasteiger partial charge in [-0.2, -0.15) is 0 Å². The number of thioether (sulfide) groups is 1. The van der Waals surface area contributed by atoms with Gasteiger partial charge in [0, 0.05) is 0 Å². The van der Waals surface area contributed by atoms with E-state index in [9.17, 15) is 9.59 Å². The minimum Gasteiger partial charge on any atom is -0.484 e. The molecule has 3 aromatic rings. The Labute approximate surface area is 190 Å². The molecule has 0 radical (unpaired) electrons. The van der Waals surface area contributed by atoms with Crippen LogP contribution in [-0.2, 0) is 16.1 Å². The lowest BCUT2D eigenvalue weighted by Crippen LogP contribution is -2.28. The number of amides is 2. The number of amidine groups is 1. The van der Waals surface area contributed by atoms with Gasteiger partial charge in [0.15, 0.2) is 11.8 Å². The van der Waals surface area contributed by atoms with Gasteiger partial charge in [-0.3, -0.25) is 14.5 Å². The van der Waals surface area contributed by atoms with Gasteiger partial charge in [0.05, 0.1) is 17.1 Å². The standard InChI is InChI=1S/C25H21N3O3S/c26-23(29)17-31-21-13-11-18(12-14-21)15-22-24(30)28(16-19-7-3-1-4-8-19)25(32-22)27-20-9-5-2-6-10-20/h1-15H,16-17H2,(H2,26,29)/b22-15-,27-25?. The van der Waals surface area contributed by atoms with Crippen molar-refractivity contribution < 1.29 is 14.3 Å². The average molecular weight is 444 g/mol. The van der Waals surface area contributed by atoms with Crippen molar-refractivity contribution >= 4 is 40.5 Å². The molecular formula is C25H21N3O3S. The molecule has 0 spiro atoms. The Morgan fingerprint density at radius 2 is 1.62 bits per heavy atom. The zero-order valence-corrected chi connectivity index (χ0v) is 18.0. The molecule has 3 aromatic carbocycles. The number of primary amides is 1. The summed E-state index contributed by atoms with van der Waals surface area (Å²) in [5.74, 6) is -0.0936. The van der Waals surface area contributed by atoms with Gasteiger partial charge >= 0.3 is 0 Å². The van der Waals surface area contributed by atoms with Crippen LogP contribution in [0, 0.1) is 0 Å². The van der Waals surface area contributed by atoms with Gasteiger partial charge < -0.3 is 10.5 Å². The molecule has 0 bridgehead atoms. The Balaban J connectivity index is 1.59. The third-order valence-electron chi connectivity index (χ3n) is 4.61. The monoisotopic (exact) mass is 443 g/mol. The molecule has 1 aliphatic heterocycles. The predicted molar refractivity (Wildman–Crippen MR) is 127 cm³/mol. The summed E-state index contributed by atoms with van der Waals surface area (Å²) in [6.07, 6.45) is 1.83. The highest BCUT2D eigenvalue weighted by molar-refractivity contribution is 8.18. The first-order valence-electron chi connectivity index (χ1n) is 9.99. The minimum absolute atomic E-state index is 0.0948. The molecule has 32 heavy (non-hydrogen) atoms. The molecule has 1 saturated heterocycles. The van der Waals surface area contributed by atoms with Gasteiger partial charge in [-0.05, 0) is 53.2 Å².